The van der Waals surface area contributed by atoms with Crippen LogP contribution in [0.3, 0.4) is 0 Å². The average molecular weight is 459 g/mol. The molecule has 1 aliphatic heterocycles. The number of hydrogen-bond acceptors (Lipinski definition) is 4. The molecule has 1 aliphatic rings. The zero-order valence-electron chi connectivity index (χ0n) is 17.7. The molecule has 7 nitrogen and oxygen atoms in total. The maximum atomic E-state index is 14.6. The molecule has 0 aliphatic carbocycles. The first-order valence-electron chi connectivity index (χ1n) is 10.6. The monoisotopic (exact) mass is 458 g/mol. The summed E-state index contributed by atoms with van der Waals surface area (Å²) in [6.45, 7) is 3.90. The largest absolute Gasteiger partial charge is 0.350 e. The molecule has 1 amide bonds. The number of aromatic nitrogens is 2. The SMILES string of the molecule is CCn1c(=O)c(=O)[nH]c2cc(C(=O)NCC(c3c(F)cccc3Cl)N3CCCC3)ccc21. The van der Waals surface area contributed by atoms with Crippen LogP contribution in [0.1, 0.15) is 41.7 Å². The molecule has 32 heavy (non-hydrogen) atoms. The molecule has 3 aromatic rings. The van der Waals surface area contributed by atoms with Gasteiger partial charge in [0.05, 0.1) is 17.1 Å². The molecule has 168 valence electrons. The number of halogens is 2. The minimum absolute atomic E-state index is 0.183. The first-order chi connectivity index (χ1) is 15.4. The van der Waals surface area contributed by atoms with E-state index in [0.29, 0.717) is 33.7 Å². The van der Waals surface area contributed by atoms with Gasteiger partial charge in [0.15, 0.2) is 0 Å². The maximum Gasteiger partial charge on any atom is 0.316 e. The van der Waals surface area contributed by atoms with Crippen LogP contribution < -0.4 is 16.4 Å². The number of rotatable bonds is 6. The van der Waals surface area contributed by atoms with Gasteiger partial charge in [0.1, 0.15) is 5.82 Å². The normalized spacial score (nSPS) is 15.2. The zero-order chi connectivity index (χ0) is 22.8. The molecule has 4 rings (SSSR count). The Morgan fingerprint density at radius 2 is 1.97 bits per heavy atom. The van der Waals surface area contributed by atoms with Gasteiger partial charge >= 0.3 is 11.1 Å². The van der Waals surface area contributed by atoms with Crippen molar-refractivity contribution in [2.45, 2.75) is 32.4 Å². The Morgan fingerprint density at radius 1 is 1.22 bits per heavy atom. The van der Waals surface area contributed by atoms with Crippen LogP contribution in [0.4, 0.5) is 4.39 Å². The molecule has 1 saturated heterocycles. The fourth-order valence-electron chi connectivity index (χ4n) is 4.32. The third kappa shape index (κ3) is 4.20. The van der Waals surface area contributed by atoms with Crippen molar-refractivity contribution in [2.75, 3.05) is 19.6 Å². The topological polar surface area (TPSA) is 87.2 Å². The Morgan fingerprint density at radius 3 is 2.66 bits per heavy atom. The summed E-state index contributed by atoms with van der Waals surface area (Å²) in [5.41, 5.74) is 0.284. The van der Waals surface area contributed by atoms with Gasteiger partial charge in [-0.25, -0.2) is 4.39 Å². The van der Waals surface area contributed by atoms with Gasteiger partial charge in [0, 0.05) is 29.2 Å². The molecule has 0 bridgehead atoms. The van der Waals surface area contributed by atoms with Crippen molar-refractivity contribution >= 4 is 28.5 Å². The molecule has 1 aromatic heterocycles. The number of nitrogens with zero attached hydrogens (tertiary/aromatic N) is 2. The van der Waals surface area contributed by atoms with Gasteiger partial charge in [-0.15, -0.1) is 0 Å². The van der Waals surface area contributed by atoms with E-state index in [1.165, 1.54) is 10.6 Å². The summed E-state index contributed by atoms with van der Waals surface area (Å²) in [5, 5.41) is 3.21. The second-order valence-corrected chi connectivity index (χ2v) is 8.25. The van der Waals surface area contributed by atoms with Crippen molar-refractivity contribution in [3.63, 3.8) is 0 Å². The first-order valence-corrected chi connectivity index (χ1v) is 11.0. The van der Waals surface area contributed by atoms with Gasteiger partial charge in [-0.1, -0.05) is 17.7 Å². The summed E-state index contributed by atoms with van der Waals surface area (Å²) in [4.78, 5) is 41.5. The molecule has 0 spiro atoms. The minimum atomic E-state index is -0.736. The third-order valence-corrected chi connectivity index (χ3v) is 6.25. The summed E-state index contributed by atoms with van der Waals surface area (Å²) in [7, 11) is 0. The van der Waals surface area contributed by atoms with Gasteiger partial charge in [-0.2, -0.15) is 0 Å². The van der Waals surface area contributed by atoms with Gasteiger partial charge in [0.25, 0.3) is 5.91 Å². The second kappa shape index (κ2) is 9.26. The molecule has 1 unspecified atom stereocenters. The molecule has 0 radical (unpaired) electrons. The van der Waals surface area contributed by atoms with Crippen LogP contribution >= 0.6 is 11.6 Å². The van der Waals surface area contributed by atoms with E-state index >= 15 is 0 Å². The Bertz CT molecular complexity index is 1260. The van der Waals surface area contributed by atoms with Gasteiger partial charge < -0.3 is 14.9 Å². The quantitative estimate of drug-likeness (QED) is 0.556. The molecule has 2 N–H and O–H groups in total. The predicted octanol–water partition coefficient (Wildman–Crippen LogP) is 3.07. The number of nitrogens with one attached hydrogen (secondary N) is 2. The fraction of sp³-hybridized carbons (Fsp3) is 0.348. The molecule has 2 heterocycles. The van der Waals surface area contributed by atoms with Crippen molar-refractivity contribution in [1.29, 1.82) is 0 Å². The molecule has 9 heteroatoms. The fourth-order valence-corrected chi connectivity index (χ4v) is 4.61. The van der Waals surface area contributed by atoms with Crippen LogP contribution in [0.25, 0.3) is 11.0 Å². The number of benzene rings is 2. The summed E-state index contributed by atoms with van der Waals surface area (Å²) >= 11 is 6.32. The number of aryl methyl sites for hydroxylation is 1. The Balaban J connectivity index is 1.61. The van der Waals surface area contributed by atoms with Crippen LogP contribution in [-0.2, 0) is 6.54 Å². The van der Waals surface area contributed by atoms with E-state index in [9.17, 15) is 18.8 Å². The predicted molar refractivity (Wildman–Crippen MR) is 122 cm³/mol. The number of H-pyrrole nitrogens is 1. The van der Waals surface area contributed by atoms with E-state index in [4.69, 9.17) is 11.6 Å². The highest BCUT2D eigenvalue weighted by Gasteiger charge is 2.28. The van der Waals surface area contributed by atoms with Crippen molar-refractivity contribution in [3.05, 3.63) is 79.1 Å². The van der Waals surface area contributed by atoms with E-state index < -0.39 is 16.9 Å². The van der Waals surface area contributed by atoms with Crippen LogP contribution in [0.2, 0.25) is 5.02 Å². The summed E-state index contributed by atoms with van der Waals surface area (Å²) in [5.74, 6) is -0.761. The van der Waals surface area contributed by atoms with Gasteiger partial charge in [-0.05, 0) is 63.2 Å². The Kier molecular flexibility index (Phi) is 6.43. The smallest absolute Gasteiger partial charge is 0.316 e. The molecule has 1 atom stereocenters. The summed E-state index contributed by atoms with van der Waals surface area (Å²) < 4.78 is 16.0. The van der Waals surface area contributed by atoms with E-state index in [0.717, 1.165) is 25.9 Å². The first kappa shape index (κ1) is 22.2. The lowest BCUT2D eigenvalue weighted by Gasteiger charge is -2.29. The average Bonchev–Trinajstić information content (AvgIpc) is 3.31. The standard InChI is InChI=1S/C23H24ClFN4O3/c1-2-29-18-9-8-14(12-17(18)27-22(31)23(29)32)21(30)26-13-19(28-10-3-4-11-28)20-15(24)6-5-7-16(20)25/h5-9,12,19H,2-4,10-11,13H2,1H3,(H,26,30)(H,27,31). The van der Waals surface area contributed by atoms with E-state index in [-0.39, 0.29) is 18.5 Å². The molecule has 0 saturated carbocycles. The minimum Gasteiger partial charge on any atom is -0.350 e. The molecule has 2 aromatic carbocycles. The molecular weight excluding hydrogens is 435 g/mol. The number of carbonyl (C=O) groups excluding carboxylic acids is 1. The van der Waals surface area contributed by atoms with E-state index in [1.54, 1.807) is 37.3 Å². The number of aromatic amines is 1. The van der Waals surface area contributed by atoms with Crippen LogP contribution in [0.15, 0.2) is 46.0 Å². The number of carbonyl (C=O) groups is 1. The Labute approximate surface area is 188 Å². The molecular formula is C23H24ClFN4O3. The van der Waals surface area contributed by atoms with Crippen molar-refractivity contribution < 1.29 is 9.18 Å². The summed E-state index contributed by atoms with van der Waals surface area (Å²) in [6.07, 6.45) is 2.02. The van der Waals surface area contributed by atoms with Gasteiger partial charge in [0.2, 0.25) is 0 Å². The highest BCUT2D eigenvalue weighted by atomic mass is 35.5. The van der Waals surface area contributed by atoms with Crippen LogP contribution in [-0.4, -0.2) is 40.0 Å². The number of amides is 1. The van der Waals surface area contributed by atoms with E-state index in [1.807, 2.05) is 0 Å². The lowest BCUT2D eigenvalue weighted by atomic mass is 10.0. The van der Waals surface area contributed by atoms with Crippen molar-refractivity contribution in [3.8, 4) is 0 Å². The lowest BCUT2D eigenvalue weighted by Crippen LogP contribution is -2.37. The van der Waals surface area contributed by atoms with E-state index in [2.05, 4.69) is 15.2 Å². The number of likely N-dealkylation sites (tertiary alicyclic amines) is 1. The Hall–Kier alpha value is -2.97. The molecule has 1 fully saturated rings. The number of fused-ring (bicyclic) bond motifs is 1. The maximum absolute atomic E-state index is 14.6. The van der Waals surface area contributed by atoms with Crippen LogP contribution in [0, 0.1) is 5.82 Å². The van der Waals surface area contributed by atoms with Crippen molar-refractivity contribution in [2.24, 2.45) is 0 Å². The van der Waals surface area contributed by atoms with Gasteiger partial charge in [-0.3, -0.25) is 19.3 Å². The summed E-state index contributed by atoms with van der Waals surface area (Å²) in [6, 6.07) is 8.97. The lowest BCUT2D eigenvalue weighted by molar-refractivity contribution is 0.0937. The highest BCUT2D eigenvalue weighted by Crippen LogP contribution is 2.32. The number of hydrogen-bond donors (Lipinski definition) is 2. The van der Waals surface area contributed by atoms with Crippen LogP contribution in [0.5, 0.6) is 0 Å². The second-order valence-electron chi connectivity index (χ2n) is 7.84. The highest BCUT2D eigenvalue weighted by molar-refractivity contribution is 6.31. The zero-order valence-corrected chi connectivity index (χ0v) is 18.4. The van der Waals surface area contributed by atoms with Crippen molar-refractivity contribution in [1.82, 2.24) is 19.8 Å². The third-order valence-electron chi connectivity index (χ3n) is 5.92.